The third-order valence-corrected chi connectivity index (χ3v) is 0.677. The van der Waals surface area contributed by atoms with E-state index in [9.17, 15) is 0 Å². The van der Waals surface area contributed by atoms with Crippen LogP contribution in [0.1, 0.15) is 54.4 Å². The van der Waals surface area contributed by atoms with Crippen molar-refractivity contribution >= 4 is 0 Å². The molecule has 0 aliphatic heterocycles. The van der Waals surface area contributed by atoms with E-state index in [0.717, 1.165) is 0 Å². The maximum atomic E-state index is 3.74. The maximum Gasteiger partial charge on any atom is -0.0328 e. The zero-order valence-corrected chi connectivity index (χ0v) is 8.62. The maximum absolute atomic E-state index is 3.74. The van der Waals surface area contributed by atoms with E-state index in [2.05, 4.69) is 20.4 Å². The Labute approximate surface area is 67.3 Å². The van der Waals surface area contributed by atoms with Gasteiger partial charge in [-0.25, -0.2) is 0 Å². The molecule has 0 radical (unpaired) electrons. The number of rotatable bonds is 2. The summed E-state index contributed by atoms with van der Waals surface area (Å²) in [6.07, 6.45) is 2.41. The molecule has 0 amide bonds. The summed E-state index contributed by atoms with van der Waals surface area (Å²) in [7, 11) is 0. The molecule has 0 aromatic rings. The molecule has 0 saturated heterocycles. The monoisotopic (exact) mass is 144 g/mol. The van der Waals surface area contributed by atoms with E-state index in [-0.39, 0.29) is 0 Å². The Morgan fingerprint density at radius 1 is 1.10 bits per heavy atom. The lowest BCUT2D eigenvalue weighted by Crippen LogP contribution is -1.66. The van der Waals surface area contributed by atoms with Crippen LogP contribution in [0.4, 0.5) is 0 Å². The van der Waals surface area contributed by atoms with Gasteiger partial charge >= 0.3 is 0 Å². The quantitative estimate of drug-likeness (QED) is 0.503. The molecule has 10 heavy (non-hydrogen) atoms. The molecule has 0 spiro atoms. The highest BCUT2D eigenvalue weighted by atomic mass is 13.8. The molecule has 0 N–H and O–H groups in total. The van der Waals surface area contributed by atoms with Crippen molar-refractivity contribution in [1.29, 1.82) is 0 Å². The third-order valence-electron chi connectivity index (χ3n) is 0.677. The third kappa shape index (κ3) is 46.8. The smallest absolute Gasteiger partial charge is 0.0328 e. The molecule has 0 aliphatic rings. The highest BCUT2D eigenvalue weighted by molar-refractivity contribution is 4.86. The van der Waals surface area contributed by atoms with E-state index >= 15 is 0 Å². The summed E-state index contributed by atoms with van der Waals surface area (Å²) in [5.74, 6) is 0. The van der Waals surface area contributed by atoms with Crippen LogP contribution in [0.5, 0.6) is 0 Å². The lowest BCUT2D eigenvalue weighted by atomic mass is 10.2. The van der Waals surface area contributed by atoms with Crippen molar-refractivity contribution in [3.63, 3.8) is 0 Å². The second kappa shape index (κ2) is 23.3. The van der Waals surface area contributed by atoms with Gasteiger partial charge in [0.05, 0.1) is 0 Å². The van der Waals surface area contributed by atoms with Crippen LogP contribution in [0.25, 0.3) is 0 Å². The van der Waals surface area contributed by atoms with Gasteiger partial charge in [-0.15, -0.1) is 6.58 Å². The Morgan fingerprint density at radius 2 is 1.40 bits per heavy atom. The highest BCUT2D eigenvalue weighted by Gasteiger charge is 1.76. The van der Waals surface area contributed by atoms with E-state index in [1.54, 1.807) is 0 Å². The lowest BCUT2D eigenvalue weighted by Gasteiger charge is -1.87. The van der Waals surface area contributed by atoms with Gasteiger partial charge in [-0.2, -0.15) is 0 Å². The molecular weight excluding hydrogens is 120 g/mol. The molecule has 0 nitrogen and oxygen atoms in total. The highest BCUT2D eigenvalue weighted by Crippen LogP contribution is 1.96. The van der Waals surface area contributed by atoms with E-state index in [0.29, 0.717) is 0 Å². The van der Waals surface area contributed by atoms with Crippen LogP contribution in [-0.2, 0) is 0 Å². The van der Waals surface area contributed by atoms with E-state index in [4.69, 9.17) is 0 Å². The van der Waals surface area contributed by atoms with Gasteiger partial charge in [0.1, 0.15) is 0 Å². The molecule has 0 unspecified atom stereocenters. The Bertz CT molecular complexity index is 44.0. The average molecular weight is 144 g/mol. The summed E-state index contributed by atoms with van der Waals surface area (Å²) < 4.78 is 0. The van der Waals surface area contributed by atoms with Crippen molar-refractivity contribution in [2.75, 3.05) is 0 Å². The Kier molecular flexibility index (Phi) is 38.2. The van der Waals surface area contributed by atoms with Crippen molar-refractivity contribution in [1.82, 2.24) is 0 Å². The summed E-state index contributed by atoms with van der Waals surface area (Å²) >= 11 is 0. The van der Waals surface area contributed by atoms with Crippen LogP contribution in [0.2, 0.25) is 0 Å². The normalized spacial score (nSPS) is 6.20. The fraction of sp³-hybridized carbons (Fsp3) is 0.800. The van der Waals surface area contributed by atoms with Crippen molar-refractivity contribution in [3.8, 4) is 0 Å². The Balaban J connectivity index is -0.000000105. The van der Waals surface area contributed by atoms with Crippen molar-refractivity contribution in [2.24, 2.45) is 0 Å². The summed E-state index contributed by atoms with van der Waals surface area (Å²) in [5.41, 5.74) is 1.29. The first-order chi connectivity index (χ1) is 4.77. The SMILES string of the molecule is C=C(C)CCC.CC.CC. The standard InChI is InChI=1S/C6H12.2C2H6/c1-4-5-6(2)3;2*1-2/h2,4-5H2,1,3H3;2*1-2H3. The number of hydrogen-bond acceptors (Lipinski definition) is 0. The van der Waals surface area contributed by atoms with Gasteiger partial charge in [0.15, 0.2) is 0 Å². The summed E-state index contributed by atoms with van der Waals surface area (Å²) in [5, 5.41) is 0. The van der Waals surface area contributed by atoms with Crippen LogP contribution < -0.4 is 0 Å². The van der Waals surface area contributed by atoms with Crippen molar-refractivity contribution in [3.05, 3.63) is 12.2 Å². The second-order valence-electron chi connectivity index (χ2n) is 1.71. The lowest BCUT2D eigenvalue weighted by molar-refractivity contribution is 0.910. The average Bonchev–Trinajstić information content (AvgIpc) is 1.96. The van der Waals surface area contributed by atoms with Gasteiger partial charge in [-0.05, 0) is 13.3 Å². The first-order valence-corrected chi connectivity index (χ1v) is 4.41. The van der Waals surface area contributed by atoms with E-state index in [1.807, 2.05) is 27.7 Å². The second-order valence-corrected chi connectivity index (χ2v) is 1.71. The molecule has 0 rings (SSSR count). The molecule has 0 aromatic carbocycles. The van der Waals surface area contributed by atoms with Crippen LogP contribution in [0.15, 0.2) is 12.2 Å². The zero-order chi connectivity index (χ0) is 8.99. The van der Waals surface area contributed by atoms with Gasteiger partial charge in [-0.1, -0.05) is 46.6 Å². The minimum absolute atomic E-state index is 1.18. The van der Waals surface area contributed by atoms with Crippen LogP contribution in [-0.4, -0.2) is 0 Å². The molecule has 0 aliphatic carbocycles. The van der Waals surface area contributed by atoms with Crippen molar-refractivity contribution < 1.29 is 0 Å². The minimum Gasteiger partial charge on any atom is -0.100 e. The van der Waals surface area contributed by atoms with Crippen LogP contribution in [0, 0.1) is 0 Å². The van der Waals surface area contributed by atoms with Crippen LogP contribution >= 0.6 is 0 Å². The number of hydrogen-bond donors (Lipinski definition) is 0. The van der Waals surface area contributed by atoms with Gasteiger partial charge < -0.3 is 0 Å². The topological polar surface area (TPSA) is 0 Å². The van der Waals surface area contributed by atoms with Crippen LogP contribution in [0.3, 0.4) is 0 Å². The van der Waals surface area contributed by atoms with E-state index < -0.39 is 0 Å². The fourth-order valence-electron chi connectivity index (χ4n) is 0.427. The first-order valence-electron chi connectivity index (χ1n) is 4.41. The zero-order valence-electron chi connectivity index (χ0n) is 8.62. The summed E-state index contributed by atoms with van der Waals surface area (Å²) in [6.45, 7) is 16.0. The fourth-order valence-corrected chi connectivity index (χ4v) is 0.427. The van der Waals surface area contributed by atoms with Gasteiger partial charge in [-0.3, -0.25) is 0 Å². The van der Waals surface area contributed by atoms with Gasteiger partial charge in [0.2, 0.25) is 0 Å². The Hall–Kier alpha value is -0.260. The molecule has 0 heterocycles. The predicted octanol–water partition coefficient (Wildman–Crippen LogP) is 4.42. The summed E-state index contributed by atoms with van der Waals surface area (Å²) in [4.78, 5) is 0. The first kappa shape index (κ1) is 16.4. The molecular formula is C10H24. The Morgan fingerprint density at radius 3 is 1.40 bits per heavy atom. The molecule has 0 atom stereocenters. The number of allylic oxidation sites excluding steroid dienone is 1. The van der Waals surface area contributed by atoms with Gasteiger partial charge in [0, 0.05) is 0 Å². The molecule has 0 fully saturated rings. The molecule has 0 aromatic heterocycles. The molecule has 0 bridgehead atoms. The summed E-state index contributed by atoms with van der Waals surface area (Å²) in [6, 6.07) is 0. The van der Waals surface area contributed by atoms with Gasteiger partial charge in [0.25, 0.3) is 0 Å². The largest absolute Gasteiger partial charge is 0.100 e. The van der Waals surface area contributed by atoms with E-state index in [1.165, 1.54) is 18.4 Å². The molecule has 0 saturated carbocycles. The van der Waals surface area contributed by atoms with Crippen molar-refractivity contribution in [2.45, 2.75) is 54.4 Å². The molecule has 64 valence electrons. The molecule has 0 heteroatoms. The minimum atomic E-state index is 1.18. The predicted molar refractivity (Wildman–Crippen MR) is 52.4 cm³/mol.